The molecule has 6 heteroatoms. The Morgan fingerprint density at radius 1 is 0.758 bits per heavy atom. The van der Waals surface area contributed by atoms with Crippen LogP contribution in [0.3, 0.4) is 0 Å². The average molecular weight is 457 g/mol. The van der Waals surface area contributed by atoms with Crippen molar-refractivity contribution in [2.24, 2.45) is 0 Å². The first-order valence-corrected chi connectivity index (χ1v) is 12.0. The van der Waals surface area contributed by atoms with E-state index in [4.69, 9.17) is 0 Å². The zero-order chi connectivity index (χ0) is 23.3. The van der Waals surface area contributed by atoms with E-state index in [2.05, 4.69) is 10.0 Å². The first-order chi connectivity index (χ1) is 15.9. The second-order valence-corrected chi connectivity index (χ2v) is 9.50. The Balaban J connectivity index is 1.42. The average Bonchev–Trinajstić information content (AvgIpc) is 2.85. The van der Waals surface area contributed by atoms with E-state index >= 15 is 0 Å². The van der Waals surface area contributed by atoms with E-state index < -0.39 is 10.0 Å². The van der Waals surface area contributed by atoms with Crippen LogP contribution in [0.25, 0.3) is 11.1 Å². The Kier molecular flexibility index (Phi) is 6.68. The second kappa shape index (κ2) is 9.81. The number of anilines is 1. The van der Waals surface area contributed by atoms with E-state index in [1.165, 1.54) is 0 Å². The highest BCUT2D eigenvalue weighted by molar-refractivity contribution is 7.89. The molecule has 0 fully saturated rings. The quantitative estimate of drug-likeness (QED) is 0.391. The van der Waals surface area contributed by atoms with Crippen LogP contribution in [0.15, 0.2) is 108 Å². The molecule has 0 bridgehead atoms. The van der Waals surface area contributed by atoms with Gasteiger partial charge in [-0.05, 0) is 60.0 Å². The summed E-state index contributed by atoms with van der Waals surface area (Å²) in [5.74, 6) is -0.250. The van der Waals surface area contributed by atoms with Crippen molar-refractivity contribution in [3.05, 3.63) is 120 Å². The molecule has 0 heterocycles. The number of aryl methyl sites for hydroxylation is 1. The third-order valence-corrected chi connectivity index (χ3v) is 6.65. The van der Waals surface area contributed by atoms with Crippen LogP contribution in [-0.2, 0) is 16.6 Å². The molecule has 2 N–H and O–H groups in total. The molecule has 0 aromatic heterocycles. The summed E-state index contributed by atoms with van der Waals surface area (Å²) in [7, 11) is -3.69. The molecule has 0 unspecified atom stereocenters. The molecule has 0 spiro atoms. The lowest BCUT2D eigenvalue weighted by Crippen LogP contribution is -2.23. The molecule has 0 aliphatic carbocycles. The normalized spacial score (nSPS) is 11.2. The molecular weight excluding hydrogens is 432 g/mol. The van der Waals surface area contributed by atoms with Crippen LogP contribution in [0, 0.1) is 6.92 Å². The van der Waals surface area contributed by atoms with Crippen molar-refractivity contribution in [2.45, 2.75) is 18.4 Å². The van der Waals surface area contributed by atoms with Crippen LogP contribution in [0.5, 0.6) is 0 Å². The van der Waals surface area contributed by atoms with E-state index in [1.807, 2.05) is 61.5 Å². The molecule has 166 valence electrons. The van der Waals surface area contributed by atoms with Gasteiger partial charge in [0.05, 0.1) is 4.90 Å². The predicted molar refractivity (Wildman–Crippen MR) is 131 cm³/mol. The van der Waals surface area contributed by atoms with Gasteiger partial charge in [0.1, 0.15) is 0 Å². The predicted octanol–water partition coefficient (Wildman–Crippen LogP) is 5.39. The summed E-state index contributed by atoms with van der Waals surface area (Å²) in [4.78, 5) is 12.8. The van der Waals surface area contributed by atoms with Crippen LogP contribution in [-0.4, -0.2) is 14.3 Å². The lowest BCUT2D eigenvalue weighted by atomic mass is 10.1. The summed E-state index contributed by atoms with van der Waals surface area (Å²) in [6, 6.07) is 31.0. The molecule has 0 aliphatic heterocycles. The van der Waals surface area contributed by atoms with Gasteiger partial charge in [0.25, 0.3) is 5.91 Å². The molecule has 0 saturated heterocycles. The molecule has 4 aromatic rings. The van der Waals surface area contributed by atoms with E-state index in [-0.39, 0.29) is 17.3 Å². The number of nitrogens with one attached hydrogen (secondary N) is 2. The zero-order valence-electron chi connectivity index (χ0n) is 18.2. The largest absolute Gasteiger partial charge is 0.322 e. The first kappa shape index (κ1) is 22.5. The molecule has 33 heavy (non-hydrogen) atoms. The molecule has 0 radical (unpaired) electrons. The topological polar surface area (TPSA) is 75.3 Å². The Morgan fingerprint density at radius 2 is 1.42 bits per heavy atom. The standard InChI is InChI=1S/C27H24N2O3S/c1-20-10-14-25(15-11-20)29-27(30)24-9-5-6-21(18-24)19-28-33(31,32)26-16-12-23(13-17-26)22-7-3-2-4-8-22/h2-18,28H,19H2,1H3,(H,29,30). The number of amides is 1. The SMILES string of the molecule is Cc1ccc(NC(=O)c2cccc(CNS(=O)(=O)c3ccc(-c4ccccc4)cc3)c2)cc1. The summed E-state index contributed by atoms with van der Waals surface area (Å²) in [5, 5.41) is 2.85. The molecular formula is C27H24N2O3S. The van der Waals surface area contributed by atoms with Gasteiger partial charge < -0.3 is 5.32 Å². The first-order valence-electron chi connectivity index (χ1n) is 10.5. The highest BCUT2D eigenvalue weighted by Crippen LogP contribution is 2.21. The molecule has 5 nitrogen and oxygen atoms in total. The third-order valence-electron chi connectivity index (χ3n) is 5.24. The minimum absolute atomic E-state index is 0.0778. The van der Waals surface area contributed by atoms with Gasteiger partial charge in [-0.25, -0.2) is 13.1 Å². The van der Waals surface area contributed by atoms with Crippen LogP contribution in [0.2, 0.25) is 0 Å². The van der Waals surface area contributed by atoms with Crippen LogP contribution in [0.1, 0.15) is 21.5 Å². The van der Waals surface area contributed by atoms with Crippen molar-refractivity contribution in [3.63, 3.8) is 0 Å². The highest BCUT2D eigenvalue weighted by Gasteiger charge is 2.14. The maximum absolute atomic E-state index is 12.8. The van der Waals surface area contributed by atoms with Crippen molar-refractivity contribution in [1.29, 1.82) is 0 Å². The number of benzene rings is 4. The monoisotopic (exact) mass is 456 g/mol. The summed E-state index contributed by atoms with van der Waals surface area (Å²) < 4.78 is 28.1. The van der Waals surface area contributed by atoms with E-state index in [0.29, 0.717) is 16.8 Å². The molecule has 0 aliphatic rings. The fraction of sp³-hybridized carbons (Fsp3) is 0.0741. The fourth-order valence-corrected chi connectivity index (χ4v) is 4.40. The van der Waals surface area contributed by atoms with Gasteiger partial charge in [-0.1, -0.05) is 72.3 Å². The van der Waals surface area contributed by atoms with Crippen LogP contribution >= 0.6 is 0 Å². The van der Waals surface area contributed by atoms with Crippen LogP contribution in [0.4, 0.5) is 5.69 Å². The Bertz CT molecular complexity index is 1350. The summed E-state index contributed by atoms with van der Waals surface area (Å²) in [5.41, 5.74) is 4.93. The molecule has 4 rings (SSSR count). The van der Waals surface area contributed by atoms with Gasteiger partial charge in [0.2, 0.25) is 10.0 Å². The van der Waals surface area contributed by atoms with Crippen molar-refractivity contribution in [3.8, 4) is 11.1 Å². The summed E-state index contributed by atoms with van der Waals surface area (Å²) in [6.45, 7) is 2.06. The van der Waals surface area contributed by atoms with E-state index in [0.717, 1.165) is 16.7 Å². The minimum atomic E-state index is -3.69. The van der Waals surface area contributed by atoms with Gasteiger partial charge in [-0.2, -0.15) is 0 Å². The fourth-order valence-electron chi connectivity index (χ4n) is 3.38. The number of hydrogen-bond acceptors (Lipinski definition) is 3. The Hall–Kier alpha value is -3.74. The number of hydrogen-bond donors (Lipinski definition) is 2. The zero-order valence-corrected chi connectivity index (χ0v) is 19.0. The molecule has 4 aromatic carbocycles. The number of carbonyl (C=O) groups is 1. The second-order valence-electron chi connectivity index (χ2n) is 7.74. The van der Waals surface area contributed by atoms with Crippen molar-refractivity contribution < 1.29 is 13.2 Å². The van der Waals surface area contributed by atoms with Gasteiger partial charge in [0.15, 0.2) is 0 Å². The molecule has 0 saturated carbocycles. The van der Waals surface area contributed by atoms with Gasteiger partial charge in [-0.3, -0.25) is 4.79 Å². The lowest BCUT2D eigenvalue weighted by Gasteiger charge is -2.10. The summed E-state index contributed by atoms with van der Waals surface area (Å²) in [6.07, 6.45) is 0. The maximum Gasteiger partial charge on any atom is 0.255 e. The van der Waals surface area contributed by atoms with E-state index in [9.17, 15) is 13.2 Å². The third kappa shape index (κ3) is 5.74. The van der Waals surface area contributed by atoms with Crippen LogP contribution < -0.4 is 10.0 Å². The Labute approximate surface area is 194 Å². The number of carbonyl (C=O) groups excluding carboxylic acids is 1. The minimum Gasteiger partial charge on any atom is -0.322 e. The Morgan fingerprint density at radius 3 is 2.12 bits per heavy atom. The van der Waals surface area contributed by atoms with Gasteiger partial charge in [-0.15, -0.1) is 0 Å². The van der Waals surface area contributed by atoms with Crippen molar-refractivity contribution in [2.75, 3.05) is 5.32 Å². The molecule has 0 atom stereocenters. The number of rotatable bonds is 7. The van der Waals surface area contributed by atoms with Crippen molar-refractivity contribution in [1.82, 2.24) is 4.72 Å². The summed E-state index contributed by atoms with van der Waals surface area (Å²) >= 11 is 0. The van der Waals surface area contributed by atoms with E-state index in [1.54, 1.807) is 48.5 Å². The number of sulfonamides is 1. The highest BCUT2D eigenvalue weighted by atomic mass is 32.2. The van der Waals surface area contributed by atoms with Crippen molar-refractivity contribution >= 4 is 21.6 Å². The maximum atomic E-state index is 12.8. The lowest BCUT2D eigenvalue weighted by molar-refractivity contribution is 0.102. The van der Waals surface area contributed by atoms with Gasteiger partial charge >= 0.3 is 0 Å². The smallest absolute Gasteiger partial charge is 0.255 e. The van der Waals surface area contributed by atoms with Gasteiger partial charge in [0, 0.05) is 17.8 Å². The molecule has 1 amide bonds.